The van der Waals surface area contributed by atoms with Gasteiger partial charge in [-0.2, -0.15) is 4.98 Å². The number of aromatic nitrogens is 2. The minimum Gasteiger partial charge on any atom is -0.355 e. The van der Waals surface area contributed by atoms with Gasteiger partial charge in [0.1, 0.15) is 10.6 Å². The highest BCUT2D eigenvalue weighted by molar-refractivity contribution is 7.16. The van der Waals surface area contributed by atoms with Gasteiger partial charge in [0.2, 0.25) is 5.95 Å². The van der Waals surface area contributed by atoms with Crippen LogP contribution in [0.5, 0.6) is 0 Å². The molecule has 4 rings (SSSR count). The first-order valence-electron chi connectivity index (χ1n) is 7.59. The molecule has 0 amide bonds. The second-order valence-electron chi connectivity index (χ2n) is 5.90. The second-order valence-corrected chi connectivity index (χ2v) is 6.79. The Hall–Kier alpha value is -1.36. The van der Waals surface area contributed by atoms with Crippen molar-refractivity contribution in [3.8, 4) is 0 Å². The van der Waals surface area contributed by atoms with Crippen molar-refractivity contribution in [1.82, 2.24) is 9.97 Å². The molecule has 2 aromatic heterocycles. The predicted octanol–water partition coefficient (Wildman–Crippen LogP) is 3.36. The molecule has 1 aliphatic carbocycles. The molecule has 1 N–H and O–H groups in total. The van der Waals surface area contributed by atoms with Crippen LogP contribution in [0.4, 0.5) is 11.8 Å². The van der Waals surface area contributed by atoms with E-state index in [0.29, 0.717) is 0 Å². The molecule has 2 atom stereocenters. The van der Waals surface area contributed by atoms with Crippen molar-refractivity contribution in [2.24, 2.45) is 11.8 Å². The topological polar surface area (TPSA) is 41.1 Å². The van der Waals surface area contributed by atoms with Crippen LogP contribution in [-0.4, -0.2) is 29.6 Å². The van der Waals surface area contributed by atoms with Crippen molar-refractivity contribution in [3.05, 3.63) is 11.4 Å². The van der Waals surface area contributed by atoms with Crippen LogP contribution in [0.25, 0.3) is 10.2 Å². The molecule has 3 heterocycles. The predicted molar refractivity (Wildman–Crippen MR) is 84.6 cm³/mol. The fourth-order valence-electron chi connectivity index (χ4n) is 3.73. The summed E-state index contributed by atoms with van der Waals surface area (Å²) in [6, 6.07) is 2.17. The van der Waals surface area contributed by atoms with Gasteiger partial charge in [-0.3, -0.25) is 0 Å². The molecule has 2 fully saturated rings. The van der Waals surface area contributed by atoms with E-state index in [4.69, 9.17) is 4.98 Å². The fourth-order valence-corrected chi connectivity index (χ4v) is 4.48. The minimum atomic E-state index is 0.773. The van der Waals surface area contributed by atoms with Gasteiger partial charge in [0.15, 0.2) is 0 Å². The summed E-state index contributed by atoms with van der Waals surface area (Å²) in [5.74, 6) is 3.69. The highest BCUT2D eigenvalue weighted by atomic mass is 32.1. The molecule has 2 aliphatic rings. The zero-order chi connectivity index (χ0) is 13.5. The molecule has 20 heavy (non-hydrogen) atoms. The van der Waals surface area contributed by atoms with Crippen LogP contribution in [0, 0.1) is 11.8 Å². The van der Waals surface area contributed by atoms with Crippen molar-refractivity contribution in [2.75, 3.05) is 29.9 Å². The van der Waals surface area contributed by atoms with E-state index >= 15 is 0 Å². The van der Waals surface area contributed by atoms with Crippen LogP contribution in [0.2, 0.25) is 0 Å². The third-order valence-corrected chi connectivity index (χ3v) is 5.47. The molecule has 106 valence electrons. The Morgan fingerprint density at radius 2 is 2.10 bits per heavy atom. The van der Waals surface area contributed by atoms with Gasteiger partial charge in [0.05, 0.1) is 5.39 Å². The number of hydrogen-bond donors (Lipinski definition) is 1. The molecule has 0 spiro atoms. The van der Waals surface area contributed by atoms with Crippen LogP contribution < -0.4 is 10.2 Å². The van der Waals surface area contributed by atoms with Gasteiger partial charge in [-0.25, -0.2) is 4.98 Å². The molecule has 0 radical (unpaired) electrons. The monoisotopic (exact) mass is 288 g/mol. The molecule has 1 saturated carbocycles. The summed E-state index contributed by atoms with van der Waals surface area (Å²) in [5.41, 5.74) is 0. The Morgan fingerprint density at radius 3 is 2.85 bits per heavy atom. The number of rotatable bonds is 3. The molecule has 2 unspecified atom stereocenters. The second kappa shape index (κ2) is 4.88. The van der Waals surface area contributed by atoms with Crippen LogP contribution in [0.1, 0.15) is 26.2 Å². The molecule has 0 aromatic carbocycles. The Morgan fingerprint density at radius 1 is 1.30 bits per heavy atom. The number of hydrogen-bond acceptors (Lipinski definition) is 5. The minimum absolute atomic E-state index is 0.773. The SMILES string of the molecule is CCNc1nc(N2CC3CCCC3C2)c2ccsc2n1. The number of thiophene rings is 1. The maximum absolute atomic E-state index is 4.78. The van der Waals surface area contributed by atoms with Gasteiger partial charge in [-0.1, -0.05) is 6.42 Å². The van der Waals surface area contributed by atoms with Gasteiger partial charge in [0.25, 0.3) is 0 Å². The first-order chi connectivity index (χ1) is 9.85. The Balaban J connectivity index is 1.72. The maximum Gasteiger partial charge on any atom is 0.226 e. The molecule has 1 aliphatic heterocycles. The smallest absolute Gasteiger partial charge is 0.226 e. The van der Waals surface area contributed by atoms with Crippen LogP contribution in [0.15, 0.2) is 11.4 Å². The summed E-state index contributed by atoms with van der Waals surface area (Å²) < 4.78 is 0. The highest BCUT2D eigenvalue weighted by Gasteiger charge is 2.37. The Kier molecular flexibility index (Phi) is 3.02. The molecular formula is C15H20N4S. The van der Waals surface area contributed by atoms with E-state index in [1.54, 1.807) is 11.3 Å². The van der Waals surface area contributed by atoms with Crippen molar-refractivity contribution in [1.29, 1.82) is 0 Å². The summed E-state index contributed by atoms with van der Waals surface area (Å²) in [4.78, 5) is 13.0. The van der Waals surface area contributed by atoms with E-state index in [-0.39, 0.29) is 0 Å². The first-order valence-corrected chi connectivity index (χ1v) is 8.47. The number of nitrogens with one attached hydrogen (secondary N) is 1. The number of fused-ring (bicyclic) bond motifs is 2. The van der Waals surface area contributed by atoms with Crippen molar-refractivity contribution < 1.29 is 0 Å². The zero-order valence-corrected chi connectivity index (χ0v) is 12.6. The van der Waals surface area contributed by atoms with Crippen molar-refractivity contribution in [3.63, 3.8) is 0 Å². The highest BCUT2D eigenvalue weighted by Crippen LogP contribution is 2.41. The van der Waals surface area contributed by atoms with E-state index in [0.717, 1.165) is 35.0 Å². The first kappa shape index (κ1) is 12.4. The summed E-state index contributed by atoms with van der Waals surface area (Å²) >= 11 is 1.70. The van der Waals surface area contributed by atoms with E-state index in [2.05, 4.69) is 33.6 Å². The van der Waals surface area contributed by atoms with E-state index in [1.807, 2.05) is 0 Å². The third kappa shape index (κ3) is 1.95. The van der Waals surface area contributed by atoms with Crippen LogP contribution >= 0.6 is 11.3 Å². The third-order valence-electron chi connectivity index (χ3n) is 4.67. The molecule has 5 heteroatoms. The molecule has 4 nitrogen and oxygen atoms in total. The molecular weight excluding hydrogens is 268 g/mol. The van der Waals surface area contributed by atoms with Crippen molar-refractivity contribution in [2.45, 2.75) is 26.2 Å². The summed E-state index contributed by atoms with van der Waals surface area (Å²) in [7, 11) is 0. The van der Waals surface area contributed by atoms with Crippen molar-refractivity contribution >= 4 is 33.3 Å². The Labute approximate surface area is 123 Å². The lowest BCUT2D eigenvalue weighted by Crippen LogP contribution is -2.22. The van der Waals surface area contributed by atoms with E-state index < -0.39 is 0 Å². The normalized spacial score (nSPS) is 25.4. The maximum atomic E-state index is 4.78. The van der Waals surface area contributed by atoms with Gasteiger partial charge < -0.3 is 10.2 Å². The molecule has 2 aromatic rings. The van der Waals surface area contributed by atoms with E-state index in [1.165, 1.54) is 37.7 Å². The zero-order valence-electron chi connectivity index (χ0n) is 11.8. The Bertz CT molecular complexity index is 611. The molecule has 0 bridgehead atoms. The average Bonchev–Trinajstić information content (AvgIpc) is 3.12. The summed E-state index contributed by atoms with van der Waals surface area (Å²) in [6.45, 7) is 5.31. The largest absolute Gasteiger partial charge is 0.355 e. The lowest BCUT2D eigenvalue weighted by Gasteiger charge is -2.20. The van der Waals surface area contributed by atoms with Gasteiger partial charge in [-0.05, 0) is 43.0 Å². The van der Waals surface area contributed by atoms with E-state index in [9.17, 15) is 0 Å². The average molecular weight is 288 g/mol. The van der Waals surface area contributed by atoms with Gasteiger partial charge in [0, 0.05) is 19.6 Å². The summed E-state index contributed by atoms with van der Waals surface area (Å²) in [5, 5.41) is 6.60. The lowest BCUT2D eigenvalue weighted by atomic mass is 10.0. The van der Waals surface area contributed by atoms with Crippen LogP contribution in [0.3, 0.4) is 0 Å². The standard InChI is InChI=1S/C15H20N4S/c1-2-16-15-17-13(12-6-7-20-14(12)18-15)19-8-10-4-3-5-11(10)9-19/h6-7,10-11H,2-5,8-9H2,1H3,(H,16,17,18). The van der Waals surface area contributed by atoms with Gasteiger partial charge in [-0.15, -0.1) is 11.3 Å². The number of nitrogens with zero attached hydrogens (tertiary/aromatic N) is 3. The van der Waals surface area contributed by atoms with Crippen LogP contribution in [-0.2, 0) is 0 Å². The molecule has 1 saturated heterocycles. The quantitative estimate of drug-likeness (QED) is 0.940. The lowest BCUT2D eigenvalue weighted by molar-refractivity contribution is 0.494. The fraction of sp³-hybridized carbons (Fsp3) is 0.600. The van der Waals surface area contributed by atoms with Gasteiger partial charge >= 0.3 is 0 Å². The summed E-state index contributed by atoms with van der Waals surface area (Å²) in [6.07, 6.45) is 4.22. The number of anilines is 2.